The first kappa shape index (κ1) is 48.3. The smallest absolute Gasteiger partial charge is 0.325 e. The average molecular weight is 779 g/mol. The fraction of sp³-hybridized carbons (Fsp3) is 0.733. The molecule has 55 heavy (non-hydrogen) atoms. The summed E-state index contributed by atoms with van der Waals surface area (Å²) < 4.78 is 60.2. The van der Waals surface area contributed by atoms with Gasteiger partial charge < -0.3 is 14.2 Å². The van der Waals surface area contributed by atoms with Crippen LogP contribution in [0.3, 0.4) is 0 Å². The normalized spacial score (nSPS) is 15.4. The van der Waals surface area contributed by atoms with Gasteiger partial charge in [0.05, 0.1) is 6.54 Å². The number of carbonyl (C=O) groups excluding carboxylic acids is 3. The number of aryl methyl sites for hydroxylation is 1. The zero-order valence-corrected chi connectivity index (χ0v) is 36.0. The maximum absolute atomic E-state index is 15.0. The van der Waals surface area contributed by atoms with Gasteiger partial charge in [0.25, 0.3) is 0 Å². The van der Waals surface area contributed by atoms with Crippen molar-refractivity contribution in [2.75, 3.05) is 19.6 Å². The first-order chi connectivity index (χ1) is 25.4. The van der Waals surface area contributed by atoms with Crippen molar-refractivity contribution in [2.24, 2.45) is 23.2 Å². The number of esters is 3. The van der Waals surface area contributed by atoms with E-state index in [1.165, 1.54) is 11.5 Å². The second-order valence-corrected chi connectivity index (χ2v) is 18.7. The molecule has 1 aromatic rings. The van der Waals surface area contributed by atoms with Crippen LogP contribution in [0.2, 0.25) is 0 Å². The summed E-state index contributed by atoms with van der Waals surface area (Å²) in [7, 11) is 0. The quantitative estimate of drug-likeness (QED) is 0.0621. The Hall–Kier alpha value is -2.88. The van der Waals surface area contributed by atoms with E-state index in [-0.39, 0.29) is 60.6 Å². The number of ether oxygens (including phenoxy) is 3. The number of hydrogen-bond donors (Lipinski definition) is 0. The van der Waals surface area contributed by atoms with E-state index >= 15 is 0 Å². The van der Waals surface area contributed by atoms with E-state index in [0.717, 1.165) is 51.0 Å². The second-order valence-electron chi connectivity index (χ2n) is 18.7. The van der Waals surface area contributed by atoms with Gasteiger partial charge in [0.2, 0.25) is 11.6 Å². The Labute approximate surface area is 330 Å². The molecule has 0 fully saturated rings. The molecule has 0 aromatic heterocycles. The predicted molar refractivity (Wildman–Crippen MR) is 213 cm³/mol. The van der Waals surface area contributed by atoms with Crippen LogP contribution >= 0.6 is 0 Å². The Kier molecular flexibility index (Phi) is 18.9. The van der Waals surface area contributed by atoms with Gasteiger partial charge in [-0.25, -0.2) is 8.78 Å². The third kappa shape index (κ3) is 18.7. The summed E-state index contributed by atoms with van der Waals surface area (Å²) >= 11 is 0. The van der Waals surface area contributed by atoms with Crippen LogP contribution in [0, 0.1) is 46.5 Å². The fourth-order valence-electron chi connectivity index (χ4n) is 7.02. The van der Waals surface area contributed by atoms with Gasteiger partial charge in [-0.05, 0) is 128 Å². The third-order valence-corrected chi connectivity index (χ3v) is 9.88. The highest BCUT2D eigenvalue weighted by atomic mass is 19.2. The minimum atomic E-state index is -1.55. The molecule has 0 bridgehead atoms. The Morgan fingerprint density at radius 1 is 0.727 bits per heavy atom. The van der Waals surface area contributed by atoms with Gasteiger partial charge in [-0.1, -0.05) is 78.9 Å². The fourth-order valence-corrected chi connectivity index (χ4v) is 7.02. The molecule has 1 aliphatic carbocycles. The maximum Gasteiger partial charge on any atom is 0.325 e. The summed E-state index contributed by atoms with van der Waals surface area (Å²) in [6.07, 6.45) is 11.2. The van der Waals surface area contributed by atoms with Gasteiger partial charge in [0.1, 0.15) is 11.2 Å². The first-order valence-corrected chi connectivity index (χ1v) is 20.5. The van der Waals surface area contributed by atoms with Crippen molar-refractivity contribution in [3.63, 3.8) is 0 Å². The lowest BCUT2D eigenvalue weighted by atomic mass is 9.85. The number of hydrogen-bond acceptors (Lipinski definition) is 7. The monoisotopic (exact) mass is 779 g/mol. The van der Waals surface area contributed by atoms with Gasteiger partial charge in [-0.3, -0.25) is 19.3 Å². The Bertz CT molecular complexity index is 1440. The van der Waals surface area contributed by atoms with Crippen molar-refractivity contribution in [1.29, 1.82) is 0 Å². The van der Waals surface area contributed by atoms with Gasteiger partial charge >= 0.3 is 17.9 Å². The summed E-state index contributed by atoms with van der Waals surface area (Å²) in [5, 5.41) is 0. The Morgan fingerprint density at radius 3 is 1.85 bits per heavy atom. The SMILES string of the molecule is CCCC(CCCC(CCN(CCC(C)CC(=O)OC(C)(C)C)CC(=O)Oc1c(F)c(F)cc(CC)c1F)CC(=O)OC(C)(C)C)CC[C]1C=C1C(C)(C)C. The Balaban J connectivity index is 2.19. The molecule has 1 aliphatic rings. The van der Waals surface area contributed by atoms with Crippen LogP contribution in [-0.4, -0.2) is 53.6 Å². The Morgan fingerprint density at radius 2 is 1.31 bits per heavy atom. The van der Waals surface area contributed by atoms with Crippen LogP contribution in [0.15, 0.2) is 17.7 Å². The molecule has 0 aliphatic heterocycles. The number of carbonyl (C=O) groups is 3. The van der Waals surface area contributed by atoms with E-state index in [1.54, 1.807) is 6.92 Å². The van der Waals surface area contributed by atoms with Crippen LogP contribution in [0.1, 0.15) is 159 Å². The molecule has 0 saturated carbocycles. The minimum absolute atomic E-state index is 0.0352. The molecule has 2 rings (SSSR count). The maximum atomic E-state index is 15.0. The molecule has 10 heteroatoms. The van der Waals surface area contributed by atoms with Crippen molar-refractivity contribution >= 4 is 17.9 Å². The molecule has 3 atom stereocenters. The van der Waals surface area contributed by atoms with Crippen LogP contribution in [0.4, 0.5) is 13.2 Å². The highest BCUT2D eigenvalue weighted by molar-refractivity contribution is 5.74. The van der Waals surface area contributed by atoms with E-state index in [1.807, 2.05) is 53.4 Å². The molecule has 3 unspecified atom stereocenters. The lowest BCUT2D eigenvalue weighted by Gasteiger charge is -2.27. The van der Waals surface area contributed by atoms with Crippen LogP contribution in [-0.2, 0) is 30.3 Å². The molecule has 1 radical (unpaired) electrons. The molecule has 0 amide bonds. The summed E-state index contributed by atoms with van der Waals surface area (Å²) in [4.78, 5) is 40.6. The topological polar surface area (TPSA) is 82.1 Å². The summed E-state index contributed by atoms with van der Waals surface area (Å²) in [6.45, 7) is 23.9. The zero-order chi connectivity index (χ0) is 41.7. The van der Waals surface area contributed by atoms with Crippen molar-refractivity contribution in [3.8, 4) is 5.75 Å². The molecular weight excluding hydrogens is 707 g/mol. The second kappa shape index (κ2) is 21.6. The first-order valence-electron chi connectivity index (χ1n) is 20.5. The van der Waals surface area contributed by atoms with Crippen LogP contribution in [0.5, 0.6) is 5.75 Å². The predicted octanol–water partition coefficient (Wildman–Crippen LogP) is 11.3. The van der Waals surface area contributed by atoms with Gasteiger partial charge in [0.15, 0.2) is 11.6 Å². The molecule has 0 heterocycles. The van der Waals surface area contributed by atoms with Crippen molar-refractivity contribution in [1.82, 2.24) is 4.90 Å². The number of allylic oxidation sites excluding steroid dienone is 2. The minimum Gasteiger partial charge on any atom is -0.460 e. The van der Waals surface area contributed by atoms with E-state index in [9.17, 15) is 27.6 Å². The lowest BCUT2D eigenvalue weighted by Crippen LogP contribution is -2.36. The van der Waals surface area contributed by atoms with E-state index in [2.05, 4.69) is 33.8 Å². The van der Waals surface area contributed by atoms with Gasteiger partial charge in [-0.15, -0.1) is 0 Å². The summed E-state index contributed by atoms with van der Waals surface area (Å²) in [5.74, 6) is -4.59. The number of nitrogens with zero attached hydrogens (tertiary/aromatic N) is 1. The van der Waals surface area contributed by atoms with Crippen molar-refractivity contribution in [2.45, 2.75) is 171 Å². The van der Waals surface area contributed by atoms with E-state index < -0.39 is 40.4 Å². The molecular formula is C45H71F3NO6. The largest absolute Gasteiger partial charge is 0.460 e. The highest BCUT2D eigenvalue weighted by Gasteiger charge is 2.34. The highest BCUT2D eigenvalue weighted by Crippen LogP contribution is 2.48. The molecule has 7 nitrogen and oxygen atoms in total. The van der Waals surface area contributed by atoms with E-state index in [4.69, 9.17) is 14.2 Å². The van der Waals surface area contributed by atoms with E-state index in [0.29, 0.717) is 31.8 Å². The van der Waals surface area contributed by atoms with Crippen LogP contribution in [0.25, 0.3) is 0 Å². The molecule has 313 valence electrons. The third-order valence-electron chi connectivity index (χ3n) is 9.88. The number of rotatable bonds is 23. The van der Waals surface area contributed by atoms with Crippen molar-refractivity contribution in [3.05, 3.63) is 46.6 Å². The number of benzene rings is 1. The lowest BCUT2D eigenvalue weighted by molar-refractivity contribution is -0.157. The average Bonchev–Trinajstić information content (AvgIpc) is 3.83. The summed E-state index contributed by atoms with van der Waals surface area (Å²) in [6, 6.07) is 0.766. The standard InChI is InChI=1S/C45H71F3NO6/c1-13-16-31(19-20-34-27-35(34)43(4,5)6)17-15-18-32(26-38(51)55-45(10,11)12)22-24-49(23-21-30(3)25-37(50)54-44(7,8)9)29-39(52)53-42-40(47)33(14-2)28-36(46)41(42)48/h27-28,30-32H,13-26,29H2,1-12H3. The molecule has 0 saturated heterocycles. The zero-order valence-electron chi connectivity index (χ0n) is 36.0. The molecule has 0 spiro atoms. The van der Waals surface area contributed by atoms with Crippen molar-refractivity contribution < 1.29 is 41.8 Å². The van der Waals surface area contributed by atoms with Gasteiger partial charge in [-0.2, -0.15) is 4.39 Å². The van der Waals surface area contributed by atoms with Gasteiger partial charge in [0, 0.05) is 18.8 Å². The number of halogens is 3. The molecule has 1 aromatic carbocycles. The summed E-state index contributed by atoms with van der Waals surface area (Å²) in [5.41, 5.74) is 0.320. The van der Waals surface area contributed by atoms with Crippen LogP contribution < -0.4 is 4.74 Å². The molecule has 0 N–H and O–H groups in total.